The van der Waals surface area contributed by atoms with E-state index in [1.807, 2.05) is 43.9 Å². The molecule has 1 atom stereocenters. The van der Waals surface area contributed by atoms with Crippen LogP contribution in [0, 0.1) is 12.7 Å². The van der Waals surface area contributed by atoms with Crippen molar-refractivity contribution >= 4 is 5.91 Å². The van der Waals surface area contributed by atoms with Crippen LogP contribution in [0.3, 0.4) is 0 Å². The van der Waals surface area contributed by atoms with Gasteiger partial charge < -0.3 is 4.90 Å². The van der Waals surface area contributed by atoms with E-state index in [9.17, 15) is 9.18 Å². The Balaban J connectivity index is 1.65. The number of hydrogen-bond donors (Lipinski definition) is 0. The molecule has 25 heavy (non-hydrogen) atoms. The minimum Gasteiger partial charge on any atom is -0.335 e. The van der Waals surface area contributed by atoms with Gasteiger partial charge in [-0.2, -0.15) is 5.10 Å². The Morgan fingerprint density at radius 2 is 1.92 bits per heavy atom. The molecule has 2 heterocycles. The van der Waals surface area contributed by atoms with Gasteiger partial charge in [0.15, 0.2) is 0 Å². The fourth-order valence-corrected chi connectivity index (χ4v) is 3.44. The molecule has 1 aromatic heterocycles. The zero-order valence-electron chi connectivity index (χ0n) is 15.1. The molecule has 1 aromatic carbocycles. The van der Waals surface area contributed by atoms with Gasteiger partial charge in [0.2, 0.25) is 0 Å². The Kier molecular flexibility index (Phi) is 5.18. The maximum Gasteiger partial charge on any atom is 0.272 e. The molecule has 1 aliphatic rings. The predicted molar refractivity (Wildman–Crippen MR) is 94.9 cm³/mol. The van der Waals surface area contributed by atoms with Crippen molar-refractivity contribution in [1.29, 1.82) is 0 Å². The number of aromatic nitrogens is 2. The smallest absolute Gasteiger partial charge is 0.272 e. The van der Waals surface area contributed by atoms with Gasteiger partial charge in [-0.05, 0) is 32.9 Å². The third kappa shape index (κ3) is 3.58. The Labute approximate surface area is 148 Å². The molecule has 0 saturated carbocycles. The van der Waals surface area contributed by atoms with Gasteiger partial charge in [-0.3, -0.25) is 14.4 Å². The monoisotopic (exact) mass is 344 g/mol. The predicted octanol–water partition coefficient (Wildman–Crippen LogP) is 2.87. The molecule has 6 heteroatoms. The van der Waals surface area contributed by atoms with E-state index in [0.29, 0.717) is 30.9 Å². The van der Waals surface area contributed by atoms with Crippen molar-refractivity contribution in [1.82, 2.24) is 19.6 Å². The summed E-state index contributed by atoms with van der Waals surface area (Å²) in [6.07, 6.45) is 0. The lowest BCUT2D eigenvalue weighted by atomic mass is 10.1. The normalized spacial score (nSPS) is 16.9. The van der Waals surface area contributed by atoms with Crippen molar-refractivity contribution in [3.05, 3.63) is 53.1 Å². The van der Waals surface area contributed by atoms with E-state index in [2.05, 4.69) is 10.00 Å². The third-order valence-electron chi connectivity index (χ3n) is 4.93. The zero-order valence-corrected chi connectivity index (χ0v) is 15.1. The highest BCUT2D eigenvalue weighted by Crippen LogP contribution is 2.24. The second-order valence-corrected chi connectivity index (χ2v) is 6.51. The quantitative estimate of drug-likeness (QED) is 0.856. The van der Waals surface area contributed by atoms with Crippen molar-refractivity contribution in [2.45, 2.75) is 33.4 Å². The summed E-state index contributed by atoms with van der Waals surface area (Å²) < 4.78 is 15.8. The van der Waals surface area contributed by atoms with E-state index >= 15 is 0 Å². The molecule has 2 aromatic rings. The second kappa shape index (κ2) is 7.35. The van der Waals surface area contributed by atoms with Crippen LogP contribution < -0.4 is 0 Å². The Hall–Kier alpha value is -2.21. The topological polar surface area (TPSA) is 41.4 Å². The second-order valence-electron chi connectivity index (χ2n) is 6.51. The standard InChI is InChI=1S/C19H25FN4O/c1-4-24-18(13-14(2)21-24)19(25)23-11-9-22(10-12-23)15(3)16-7-5-6-8-17(16)20/h5-8,13,15H,4,9-12H2,1-3H3/t15-/m1/s1. The number of amides is 1. The first-order valence-corrected chi connectivity index (χ1v) is 8.83. The van der Waals surface area contributed by atoms with Crippen LogP contribution in [0.1, 0.15) is 41.6 Å². The van der Waals surface area contributed by atoms with Crippen LogP contribution in [0.5, 0.6) is 0 Å². The molecule has 0 N–H and O–H groups in total. The van der Waals surface area contributed by atoms with Gasteiger partial charge in [0.1, 0.15) is 11.5 Å². The number of halogens is 1. The largest absolute Gasteiger partial charge is 0.335 e. The fraction of sp³-hybridized carbons (Fsp3) is 0.474. The lowest BCUT2D eigenvalue weighted by molar-refractivity contribution is 0.0568. The third-order valence-corrected chi connectivity index (χ3v) is 4.93. The van der Waals surface area contributed by atoms with Crippen LogP contribution in [0.2, 0.25) is 0 Å². The fourth-order valence-electron chi connectivity index (χ4n) is 3.44. The van der Waals surface area contributed by atoms with Gasteiger partial charge in [0.05, 0.1) is 5.69 Å². The molecule has 1 saturated heterocycles. The summed E-state index contributed by atoms with van der Waals surface area (Å²) in [6, 6.07) is 8.76. The van der Waals surface area contributed by atoms with Gasteiger partial charge in [-0.15, -0.1) is 0 Å². The lowest BCUT2D eigenvalue weighted by Gasteiger charge is -2.38. The number of aryl methyl sites for hydroxylation is 2. The molecule has 0 bridgehead atoms. The first-order valence-electron chi connectivity index (χ1n) is 8.83. The SMILES string of the molecule is CCn1nc(C)cc1C(=O)N1CCN([C@H](C)c2ccccc2F)CC1. The minimum absolute atomic E-state index is 0.00173. The van der Waals surface area contributed by atoms with Crippen LogP contribution in [-0.2, 0) is 6.54 Å². The molecule has 134 valence electrons. The van der Waals surface area contributed by atoms with E-state index < -0.39 is 0 Å². The molecule has 0 radical (unpaired) electrons. The number of rotatable bonds is 4. The molecule has 0 aliphatic carbocycles. The highest BCUT2D eigenvalue weighted by molar-refractivity contribution is 5.92. The number of carbonyl (C=O) groups is 1. The summed E-state index contributed by atoms with van der Waals surface area (Å²) in [7, 11) is 0. The van der Waals surface area contributed by atoms with Crippen LogP contribution >= 0.6 is 0 Å². The molecule has 0 unspecified atom stereocenters. The highest BCUT2D eigenvalue weighted by atomic mass is 19.1. The first-order chi connectivity index (χ1) is 12.0. The number of piperazine rings is 1. The molecule has 0 spiro atoms. The van der Waals surface area contributed by atoms with E-state index in [1.54, 1.807) is 10.7 Å². The summed E-state index contributed by atoms with van der Waals surface area (Å²) in [5, 5.41) is 4.35. The van der Waals surface area contributed by atoms with E-state index in [4.69, 9.17) is 0 Å². The van der Waals surface area contributed by atoms with Crippen LogP contribution in [0.4, 0.5) is 4.39 Å². The summed E-state index contributed by atoms with van der Waals surface area (Å²) in [5.74, 6) is -0.142. The Bertz CT molecular complexity index is 750. The lowest BCUT2D eigenvalue weighted by Crippen LogP contribution is -2.49. The number of hydrogen-bond acceptors (Lipinski definition) is 3. The molecular weight excluding hydrogens is 319 g/mol. The van der Waals surface area contributed by atoms with Crippen molar-refractivity contribution in [3.63, 3.8) is 0 Å². The van der Waals surface area contributed by atoms with Gasteiger partial charge >= 0.3 is 0 Å². The van der Waals surface area contributed by atoms with Crippen molar-refractivity contribution in [2.75, 3.05) is 26.2 Å². The van der Waals surface area contributed by atoms with E-state index in [0.717, 1.165) is 18.8 Å². The average Bonchev–Trinajstić information content (AvgIpc) is 3.02. The summed E-state index contributed by atoms with van der Waals surface area (Å²) in [5.41, 5.74) is 2.22. The van der Waals surface area contributed by atoms with Crippen LogP contribution in [-0.4, -0.2) is 51.7 Å². The first kappa shape index (κ1) is 17.6. The van der Waals surface area contributed by atoms with Crippen LogP contribution in [0.25, 0.3) is 0 Å². The van der Waals surface area contributed by atoms with E-state index in [-0.39, 0.29) is 17.8 Å². The Morgan fingerprint density at radius 3 is 2.56 bits per heavy atom. The van der Waals surface area contributed by atoms with E-state index in [1.165, 1.54) is 6.07 Å². The van der Waals surface area contributed by atoms with Crippen molar-refractivity contribution in [3.8, 4) is 0 Å². The van der Waals surface area contributed by atoms with Gasteiger partial charge in [0.25, 0.3) is 5.91 Å². The molecule has 3 rings (SSSR count). The number of carbonyl (C=O) groups excluding carboxylic acids is 1. The molecular formula is C19H25FN4O. The summed E-state index contributed by atoms with van der Waals surface area (Å²) in [4.78, 5) is 16.9. The highest BCUT2D eigenvalue weighted by Gasteiger charge is 2.27. The molecule has 1 aliphatic heterocycles. The minimum atomic E-state index is -0.171. The maximum absolute atomic E-state index is 14.0. The molecule has 1 fully saturated rings. The van der Waals surface area contributed by atoms with Crippen LogP contribution in [0.15, 0.2) is 30.3 Å². The molecule has 1 amide bonds. The zero-order chi connectivity index (χ0) is 18.0. The maximum atomic E-state index is 14.0. The summed E-state index contributed by atoms with van der Waals surface area (Å²) >= 11 is 0. The van der Waals surface area contributed by atoms with Gasteiger partial charge in [-0.25, -0.2) is 4.39 Å². The average molecular weight is 344 g/mol. The molecule has 5 nitrogen and oxygen atoms in total. The van der Waals surface area contributed by atoms with Gasteiger partial charge in [-0.1, -0.05) is 18.2 Å². The number of nitrogens with zero attached hydrogens (tertiary/aromatic N) is 4. The summed E-state index contributed by atoms with van der Waals surface area (Å²) in [6.45, 7) is 9.34. The van der Waals surface area contributed by atoms with Gasteiger partial charge in [0, 0.05) is 44.3 Å². The number of benzene rings is 1. The van der Waals surface area contributed by atoms with Crippen molar-refractivity contribution in [2.24, 2.45) is 0 Å². The Morgan fingerprint density at radius 1 is 1.24 bits per heavy atom. The van der Waals surface area contributed by atoms with Crippen molar-refractivity contribution < 1.29 is 9.18 Å².